The van der Waals surface area contributed by atoms with Gasteiger partial charge >= 0.3 is 5.97 Å². The standard InChI is InChI=1S/C17H23NO4/c1-22-15(13-8-4-2-5-9-13)16(21)18-17(12-14(19)20)10-6-3-7-11-17/h2,4-5,8-9,15H,3,6-7,10-12H2,1H3,(H,18,21)(H,19,20). The van der Waals surface area contributed by atoms with Gasteiger partial charge < -0.3 is 15.2 Å². The zero-order valence-corrected chi connectivity index (χ0v) is 12.9. The maximum Gasteiger partial charge on any atom is 0.305 e. The number of methoxy groups -OCH3 is 1. The van der Waals surface area contributed by atoms with Crippen molar-refractivity contribution in [1.82, 2.24) is 5.32 Å². The molecule has 2 N–H and O–H groups in total. The summed E-state index contributed by atoms with van der Waals surface area (Å²) in [6.07, 6.45) is 3.63. The number of carboxylic acid groups (broad SMARTS) is 1. The Morgan fingerprint density at radius 3 is 2.41 bits per heavy atom. The summed E-state index contributed by atoms with van der Waals surface area (Å²) in [4.78, 5) is 23.8. The lowest BCUT2D eigenvalue weighted by Crippen LogP contribution is -2.52. The van der Waals surface area contributed by atoms with Gasteiger partial charge in [-0.15, -0.1) is 0 Å². The number of carboxylic acids is 1. The Labute approximate surface area is 130 Å². The molecule has 0 aromatic heterocycles. The lowest BCUT2D eigenvalue weighted by Gasteiger charge is -2.38. The molecule has 0 bridgehead atoms. The number of hydrogen-bond acceptors (Lipinski definition) is 3. The van der Waals surface area contributed by atoms with Crippen LogP contribution in [0.1, 0.15) is 50.2 Å². The van der Waals surface area contributed by atoms with E-state index in [4.69, 9.17) is 4.74 Å². The van der Waals surface area contributed by atoms with Crippen LogP contribution in [0.2, 0.25) is 0 Å². The normalized spacial score (nSPS) is 18.4. The molecule has 1 fully saturated rings. The first kappa shape index (κ1) is 16.5. The highest BCUT2D eigenvalue weighted by Crippen LogP contribution is 2.32. The number of nitrogens with one attached hydrogen (secondary N) is 1. The van der Waals surface area contributed by atoms with Crippen molar-refractivity contribution in [3.8, 4) is 0 Å². The Kier molecular flexibility index (Phi) is 5.55. The Balaban J connectivity index is 2.14. The SMILES string of the molecule is COC(C(=O)NC1(CC(=O)O)CCCCC1)c1ccccc1. The third kappa shape index (κ3) is 4.07. The molecule has 1 amide bonds. The molecule has 0 radical (unpaired) electrons. The molecule has 5 heteroatoms. The van der Waals surface area contributed by atoms with E-state index in [2.05, 4.69) is 5.32 Å². The van der Waals surface area contributed by atoms with Crippen molar-refractivity contribution < 1.29 is 19.4 Å². The molecule has 0 aliphatic heterocycles. The van der Waals surface area contributed by atoms with E-state index in [1.807, 2.05) is 30.3 Å². The number of ether oxygens (including phenoxy) is 1. The van der Waals surface area contributed by atoms with Crippen LogP contribution in [0.3, 0.4) is 0 Å². The summed E-state index contributed by atoms with van der Waals surface area (Å²) in [5, 5.41) is 12.1. The first-order valence-corrected chi connectivity index (χ1v) is 7.68. The van der Waals surface area contributed by atoms with Crippen LogP contribution >= 0.6 is 0 Å². The molecule has 1 atom stereocenters. The molecule has 1 aliphatic carbocycles. The fourth-order valence-corrected chi connectivity index (χ4v) is 3.21. The Morgan fingerprint density at radius 2 is 1.86 bits per heavy atom. The number of rotatable bonds is 6. The second-order valence-electron chi connectivity index (χ2n) is 5.93. The lowest BCUT2D eigenvalue weighted by atomic mass is 9.79. The Morgan fingerprint density at radius 1 is 1.23 bits per heavy atom. The van der Waals surface area contributed by atoms with Crippen molar-refractivity contribution in [3.63, 3.8) is 0 Å². The van der Waals surface area contributed by atoms with Gasteiger partial charge in [0.15, 0.2) is 6.10 Å². The van der Waals surface area contributed by atoms with E-state index in [0.717, 1.165) is 24.8 Å². The van der Waals surface area contributed by atoms with E-state index in [1.165, 1.54) is 7.11 Å². The van der Waals surface area contributed by atoms with E-state index < -0.39 is 17.6 Å². The third-order valence-corrected chi connectivity index (χ3v) is 4.26. The van der Waals surface area contributed by atoms with E-state index >= 15 is 0 Å². The molecule has 22 heavy (non-hydrogen) atoms. The predicted molar refractivity (Wildman–Crippen MR) is 82.4 cm³/mol. The predicted octanol–water partition coefficient (Wildman–Crippen LogP) is 2.67. The molecule has 1 aliphatic rings. The van der Waals surface area contributed by atoms with Gasteiger partial charge in [-0.1, -0.05) is 49.6 Å². The molecule has 5 nitrogen and oxygen atoms in total. The van der Waals surface area contributed by atoms with Gasteiger partial charge in [-0.2, -0.15) is 0 Å². The van der Waals surface area contributed by atoms with Crippen LogP contribution in [0, 0.1) is 0 Å². The minimum atomic E-state index is -0.879. The third-order valence-electron chi connectivity index (χ3n) is 4.26. The molecule has 1 aromatic carbocycles. The summed E-state index contributed by atoms with van der Waals surface area (Å²) in [6.45, 7) is 0. The second kappa shape index (κ2) is 7.40. The van der Waals surface area contributed by atoms with Crippen LogP contribution in [-0.4, -0.2) is 29.6 Å². The number of carbonyl (C=O) groups is 2. The molecule has 1 aromatic rings. The molecule has 0 spiro atoms. The summed E-state index contributed by atoms with van der Waals surface area (Å²) in [5.41, 5.74) is 0.121. The summed E-state index contributed by atoms with van der Waals surface area (Å²) in [5.74, 6) is -1.15. The Bertz CT molecular complexity index is 509. The molecule has 1 unspecified atom stereocenters. The first-order chi connectivity index (χ1) is 10.6. The van der Waals surface area contributed by atoms with Crippen molar-refractivity contribution in [3.05, 3.63) is 35.9 Å². The van der Waals surface area contributed by atoms with E-state index in [-0.39, 0.29) is 12.3 Å². The van der Waals surface area contributed by atoms with Gasteiger partial charge in [-0.25, -0.2) is 0 Å². The average molecular weight is 305 g/mol. The zero-order valence-electron chi connectivity index (χ0n) is 12.9. The maximum absolute atomic E-state index is 12.6. The highest BCUT2D eigenvalue weighted by Gasteiger charge is 2.37. The second-order valence-corrected chi connectivity index (χ2v) is 5.93. The highest BCUT2D eigenvalue weighted by molar-refractivity contribution is 5.83. The molecule has 120 valence electrons. The fourth-order valence-electron chi connectivity index (χ4n) is 3.21. The highest BCUT2D eigenvalue weighted by atomic mass is 16.5. The number of carbonyl (C=O) groups excluding carboxylic acids is 1. The largest absolute Gasteiger partial charge is 0.481 e. The molecular formula is C17H23NO4. The summed E-state index contributed by atoms with van der Waals surface area (Å²) >= 11 is 0. The molecule has 2 rings (SSSR count). The van der Waals surface area contributed by atoms with Gasteiger partial charge in [0.2, 0.25) is 0 Å². The van der Waals surface area contributed by atoms with Crippen molar-refractivity contribution in [2.75, 3.05) is 7.11 Å². The van der Waals surface area contributed by atoms with E-state index in [0.29, 0.717) is 12.8 Å². The zero-order chi connectivity index (χ0) is 16.0. The summed E-state index contributed by atoms with van der Waals surface area (Å²) < 4.78 is 5.33. The summed E-state index contributed by atoms with van der Waals surface area (Å²) in [6, 6.07) is 9.24. The number of benzene rings is 1. The van der Waals surface area contributed by atoms with Crippen molar-refractivity contribution >= 4 is 11.9 Å². The van der Waals surface area contributed by atoms with Crippen molar-refractivity contribution in [2.24, 2.45) is 0 Å². The molecule has 0 saturated heterocycles. The maximum atomic E-state index is 12.6. The average Bonchev–Trinajstić information content (AvgIpc) is 2.49. The van der Waals surface area contributed by atoms with Crippen LogP contribution in [0.25, 0.3) is 0 Å². The monoisotopic (exact) mass is 305 g/mol. The van der Waals surface area contributed by atoms with Gasteiger partial charge in [0, 0.05) is 7.11 Å². The number of amides is 1. The quantitative estimate of drug-likeness (QED) is 0.847. The van der Waals surface area contributed by atoms with Gasteiger partial charge in [-0.05, 0) is 18.4 Å². The fraction of sp³-hybridized carbons (Fsp3) is 0.529. The lowest BCUT2D eigenvalue weighted by molar-refractivity contribution is -0.141. The van der Waals surface area contributed by atoms with Gasteiger partial charge in [0.25, 0.3) is 5.91 Å². The first-order valence-electron chi connectivity index (χ1n) is 7.68. The van der Waals surface area contributed by atoms with Crippen molar-refractivity contribution in [2.45, 2.75) is 50.2 Å². The van der Waals surface area contributed by atoms with Crippen LogP contribution < -0.4 is 5.32 Å². The molecule has 0 heterocycles. The summed E-state index contributed by atoms with van der Waals surface area (Å²) in [7, 11) is 1.49. The van der Waals surface area contributed by atoms with E-state index in [1.54, 1.807) is 0 Å². The van der Waals surface area contributed by atoms with Crippen LogP contribution in [-0.2, 0) is 14.3 Å². The van der Waals surface area contributed by atoms with Crippen LogP contribution in [0.4, 0.5) is 0 Å². The topological polar surface area (TPSA) is 75.6 Å². The van der Waals surface area contributed by atoms with Gasteiger partial charge in [-0.3, -0.25) is 9.59 Å². The Hall–Kier alpha value is -1.88. The van der Waals surface area contributed by atoms with Crippen LogP contribution in [0.15, 0.2) is 30.3 Å². The van der Waals surface area contributed by atoms with Crippen molar-refractivity contribution in [1.29, 1.82) is 0 Å². The molecule has 1 saturated carbocycles. The smallest absolute Gasteiger partial charge is 0.305 e. The number of hydrogen-bond donors (Lipinski definition) is 2. The number of aliphatic carboxylic acids is 1. The van der Waals surface area contributed by atoms with E-state index in [9.17, 15) is 14.7 Å². The van der Waals surface area contributed by atoms with Gasteiger partial charge in [0.1, 0.15) is 0 Å². The molecular weight excluding hydrogens is 282 g/mol. The van der Waals surface area contributed by atoms with Crippen LogP contribution in [0.5, 0.6) is 0 Å². The minimum absolute atomic E-state index is 0.0377. The minimum Gasteiger partial charge on any atom is -0.481 e. The van der Waals surface area contributed by atoms with Gasteiger partial charge in [0.05, 0.1) is 12.0 Å².